The molecule has 1 heterocycles. The summed E-state index contributed by atoms with van der Waals surface area (Å²) in [5.41, 5.74) is 0.841. The normalized spacial score (nSPS) is 17.2. The lowest BCUT2D eigenvalue weighted by molar-refractivity contribution is -0.131. The lowest BCUT2D eigenvalue weighted by atomic mass is 10.1. The fraction of sp³-hybridized carbons (Fsp3) is 0.158. The zero-order valence-electron chi connectivity index (χ0n) is 14.7. The number of barbiturate groups is 1. The van der Waals surface area contributed by atoms with Crippen LogP contribution in [0.4, 0.5) is 16.2 Å². The van der Waals surface area contributed by atoms with E-state index in [1.165, 1.54) is 19.4 Å². The van der Waals surface area contributed by atoms with E-state index in [-0.39, 0.29) is 0 Å². The number of benzene rings is 2. The summed E-state index contributed by atoms with van der Waals surface area (Å²) in [6.45, 7) is 0. The van der Waals surface area contributed by atoms with Crippen LogP contribution >= 0.6 is 0 Å². The Morgan fingerprint density at radius 1 is 1.00 bits per heavy atom. The van der Waals surface area contributed by atoms with Gasteiger partial charge in [-0.1, -0.05) is 6.07 Å². The number of imide groups is 2. The third kappa shape index (κ3) is 3.79. The van der Waals surface area contributed by atoms with Crippen molar-refractivity contribution < 1.29 is 23.9 Å². The van der Waals surface area contributed by atoms with Crippen LogP contribution in [0.2, 0.25) is 0 Å². The van der Waals surface area contributed by atoms with E-state index in [4.69, 9.17) is 9.47 Å². The Bertz CT molecular complexity index is 908. The summed E-state index contributed by atoms with van der Waals surface area (Å²) < 4.78 is 10.2. The lowest BCUT2D eigenvalue weighted by Crippen LogP contribution is -2.58. The lowest BCUT2D eigenvalue weighted by Gasteiger charge is -2.28. The molecule has 1 aliphatic rings. The quantitative estimate of drug-likeness (QED) is 0.646. The Kier molecular flexibility index (Phi) is 5.16. The largest absolute Gasteiger partial charge is 0.497 e. The van der Waals surface area contributed by atoms with Crippen molar-refractivity contribution in [3.05, 3.63) is 48.5 Å². The molecule has 1 atom stereocenters. The number of nitrogens with one attached hydrogen (secondary N) is 1. The smallest absolute Gasteiger partial charge is 0.335 e. The number of ether oxygens (including phenoxy) is 2. The van der Waals surface area contributed by atoms with Gasteiger partial charge in [0.25, 0.3) is 5.91 Å². The van der Waals surface area contributed by atoms with Crippen molar-refractivity contribution in [2.24, 2.45) is 10.9 Å². The zero-order chi connectivity index (χ0) is 19.4. The number of nitrogens with zero attached hydrogens (tertiary/aromatic N) is 2. The summed E-state index contributed by atoms with van der Waals surface area (Å²) in [5, 5.41) is 2.18. The molecule has 0 saturated carbocycles. The molecule has 4 amide bonds. The minimum absolute atomic E-state index is 0.298. The number of methoxy groups -OCH3 is 2. The van der Waals surface area contributed by atoms with Gasteiger partial charge in [0.05, 0.1) is 25.6 Å². The van der Waals surface area contributed by atoms with Crippen LogP contribution in [-0.2, 0) is 9.59 Å². The minimum atomic E-state index is -1.23. The molecule has 0 spiro atoms. The number of hydrogen-bond donors (Lipinski definition) is 1. The van der Waals surface area contributed by atoms with Gasteiger partial charge in [-0.05, 0) is 36.4 Å². The van der Waals surface area contributed by atoms with Crippen molar-refractivity contribution >= 4 is 35.4 Å². The summed E-state index contributed by atoms with van der Waals surface area (Å²) >= 11 is 0. The molecule has 1 fully saturated rings. The van der Waals surface area contributed by atoms with Gasteiger partial charge in [-0.2, -0.15) is 0 Å². The van der Waals surface area contributed by atoms with E-state index in [9.17, 15) is 14.4 Å². The molecule has 8 heteroatoms. The van der Waals surface area contributed by atoms with E-state index < -0.39 is 23.8 Å². The fourth-order valence-electron chi connectivity index (χ4n) is 2.54. The van der Waals surface area contributed by atoms with Gasteiger partial charge in [-0.15, -0.1) is 0 Å². The first-order valence-electron chi connectivity index (χ1n) is 8.04. The maximum atomic E-state index is 12.8. The van der Waals surface area contributed by atoms with Crippen LogP contribution in [0.1, 0.15) is 0 Å². The molecule has 8 nitrogen and oxygen atoms in total. The van der Waals surface area contributed by atoms with Gasteiger partial charge in [-0.25, -0.2) is 9.69 Å². The van der Waals surface area contributed by atoms with Crippen LogP contribution in [0.3, 0.4) is 0 Å². The summed E-state index contributed by atoms with van der Waals surface area (Å²) in [7, 11) is 3.03. The van der Waals surface area contributed by atoms with Crippen molar-refractivity contribution in [2.75, 3.05) is 19.1 Å². The molecule has 2 aromatic rings. The minimum Gasteiger partial charge on any atom is -0.497 e. The molecular formula is C19H17N3O5. The number of amides is 4. The van der Waals surface area contributed by atoms with Crippen LogP contribution in [0.5, 0.6) is 11.5 Å². The van der Waals surface area contributed by atoms with Crippen LogP contribution in [-0.4, -0.2) is 38.3 Å². The Balaban J connectivity index is 1.86. The number of rotatable bonds is 5. The molecule has 1 N–H and O–H groups in total. The van der Waals surface area contributed by atoms with Crippen molar-refractivity contribution in [1.82, 2.24) is 5.32 Å². The first-order chi connectivity index (χ1) is 13.0. The first-order valence-corrected chi connectivity index (χ1v) is 8.04. The summed E-state index contributed by atoms with van der Waals surface area (Å²) in [4.78, 5) is 42.1. The molecule has 138 valence electrons. The van der Waals surface area contributed by atoms with Gasteiger partial charge >= 0.3 is 6.03 Å². The highest BCUT2D eigenvalue weighted by Crippen LogP contribution is 2.25. The summed E-state index contributed by atoms with van der Waals surface area (Å²) in [5.74, 6) is -1.49. The van der Waals surface area contributed by atoms with E-state index in [0.29, 0.717) is 22.9 Å². The highest BCUT2D eigenvalue weighted by atomic mass is 16.5. The SMILES string of the molecule is COc1ccc(N=C[C@@H]2C(=O)NC(=O)N(c3cccc(OC)c3)C2=O)cc1. The molecule has 1 saturated heterocycles. The van der Waals surface area contributed by atoms with E-state index in [2.05, 4.69) is 10.3 Å². The van der Waals surface area contributed by atoms with Gasteiger partial charge < -0.3 is 9.47 Å². The molecule has 0 bridgehead atoms. The predicted molar refractivity (Wildman–Crippen MR) is 98.7 cm³/mol. The average molecular weight is 367 g/mol. The highest BCUT2D eigenvalue weighted by molar-refractivity contribution is 6.32. The van der Waals surface area contributed by atoms with Gasteiger partial charge in [0.15, 0.2) is 5.92 Å². The Labute approximate surface area is 155 Å². The number of hydrogen-bond acceptors (Lipinski definition) is 6. The van der Waals surface area contributed by atoms with Crippen LogP contribution in [0.25, 0.3) is 0 Å². The maximum absolute atomic E-state index is 12.8. The second kappa shape index (κ2) is 7.69. The summed E-state index contributed by atoms with van der Waals surface area (Å²) in [6, 6.07) is 12.4. The van der Waals surface area contributed by atoms with E-state index in [1.807, 2.05) is 0 Å². The monoisotopic (exact) mass is 367 g/mol. The van der Waals surface area contributed by atoms with Gasteiger partial charge in [0.1, 0.15) is 11.5 Å². The maximum Gasteiger partial charge on any atom is 0.335 e. The number of carbonyl (C=O) groups is 3. The van der Waals surface area contributed by atoms with E-state index in [0.717, 1.165) is 4.90 Å². The standard InChI is InChI=1S/C19H17N3O5/c1-26-14-8-6-12(7-9-14)20-11-16-17(23)21-19(25)22(18(16)24)13-4-3-5-15(10-13)27-2/h3-11,16H,1-2H3,(H,21,23,25)/t16-/m1/s1. The Morgan fingerprint density at radius 3 is 2.37 bits per heavy atom. The molecule has 2 aromatic carbocycles. The molecule has 3 rings (SSSR count). The highest BCUT2D eigenvalue weighted by Gasteiger charge is 2.40. The number of urea groups is 1. The third-order valence-electron chi connectivity index (χ3n) is 3.96. The van der Waals surface area contributed by atoms with Crippen molar-refractivity contribution in [3.8, 4) is 11.5 Å². The fourth-order valence-corrected chi connectivity index (χ4v) is 2.54. The summed E-state index contributed by atoms with van der Waals surface area (Å²) in [6.07, 6.45) is 1.22. The van der Waals surface area contributed by atoms with Crippen molar-refractivity contribution in [3.63, 3.8) is 0 Å². The number of anilines is 1. The topological polar surface area (TPSA) is 97.3 Å². The third-order valence-corrected chi connectivity index (χ3v) is 3.96. The molecule has 27 heavy (non-hydrogen) atoms. The van der Waals surface area contributed by atoms with Gasteiger partial charge in [0, 0.05) is 12.3 Å². The molecule has 0 aromatic heterocycles. The Hall–Kier alpha value is -3.68. The van der Waals surface area contributed by atoms with Gasteiger partial charge in [-0.3, -0.25) is 19.9 Å². The molecular weight excluding hydrogens is 350 g/mol. The molecule has 0 aliphatic carbocycles. The molecule has 1 aliphatic heterocycles. The first kappa shape index (κ1) is 18.1. The van der Waals surface area contributed by atoms with Crippen LogP contribution in [0.15, 0.2) is 53.5 Å². The van der Waals surface area contributed by atoms with Crippen LogP contribution in [0, 0.1) is 5.92 Å². The molecule has 0 unspecified atom stereocenters. The van der Waals surface area contributed by atoms with Crippen molar-refractivity contribution in [1.29, 1.82) is 0 Å². The second-order valence-corrected chi connectivity index (χ2v) is 5.62. The van der Waals surface area contributed by atoms with E-state index >= 15 is 0 Å². The average Bonchev–Trinajstić information content (AvgIpc) is 2.68. The van der Waals surface area contributed by atoms with Crippen molar-refractivity contribution in [2.45, 2.75) is 0 Å². The number of carbonyl (C=O) groups excluding carboxylic acids is 3. The Morgan fingerprint density at radius 2 is 1.70 bits per heavy atom. The number of aliphatic imine (C=N–C) groups is 1. The molecule has 0 radical (unpaired) electrons. The van der Waals surface area contributed by atoms with E-state index in [1.54, 1.807) is 49.6 Å². The van der Waals surface area contributed by atoms with Gasteiger partial charge in [0.2, 0.25) is 5.91 Å². The zero-order valence-corrected chi connectivity index (χ0v) is 14.7. The second-order valence-electron chi connectivity index (χ2n) is 5.62. The van der Waals surface area contributed by atoms with Crippen LogP contribution < -0.4 is 19.7 Å². The predicted octanol–water partition coefficient (Wildman–Crippen LogP) is 2.31.